The zero-order chi connectivity index (χ0) is 13.2. The molecule has 0 aliphatic carbocycles. The molecule has 1 aliphatic rings. The SMILES string of the molecule is Cc1ccccc1-n1nc(C#N)c(N2CCCC2)n1. The Morgan fingerprint density at radius 2 is 1.89 bits per heavy atom. The summed E-state index contributed by atoms with van der Waals surface area (Å²) in [5, 5.41) is 18.0. The Hall–Kier alpha value is -2.35. The Bertz CT molecular complexity index is 632. The second-order valence-corrected chi connectivity index (χ2v) is 4.75. The van der Waals surface area contributed by atoms with Gasteiger partial charge in [-0.1, -0.05) is 18.2 Å². The van der Waals surface area contributed by atoms with Gasteiger partial charge in [0.05, 0.1) is 5.69 Å². The Balaban J connectivity index is 2.05. The Morgan fingerprint density at radius 3 is 2.58 bits per heavy atom. The molecule has 0 radical (unpaired) electrons. The number of rotatable bonds is 2. The summed E-state index contributed by atoms with van der Waals surface area (Å²) in [6.07, 6.45) is 2.31. The number of hydrogen-bond acceptors (Lipinski definition) is 4. The molecule has 1 saturated heterocycles. The summed E-state index contributed by atoms with van der Waals surface area (Å²) in [6.45, 7) is 3.93. The zero-order valence-electron chi connectivity index (χ0n) is 10.9. The third-order valence-electron chi connectivity index (χ3n) is 3.44. The molecule has 1 aliphatic heterocycles. The summed E-state index contributed by atoms with van der Waals surface area (Å²) in [4.78, 5) is 3.71. The van der Waals surface area contributed by atoms with Gasteiger partial charge in [0, 0.05) is 13.1 Å². The Morgan fingerprint density at radius 1 is 1.16 bits per heavy atom. The molecule has 19 heavy (non-hydrogen) atoms. The summed E-state index contributed by atoms with van der Waals surface area (Å²) >= 11 is 0. The number of nitrogens with zero attached hydrogens (tertiary/aromatic N) is 5. The van der Waals surface area contributed by atoms with E-state index in [0.717, 1.165) is 37.2 Å². The fraction of sp³-hybridized carbons (Fsp3) is 0.357. The van der Waals surface area contributed by atoms with E-state index in [9.17, 15) is 5.26 Å². The van der Waals surface area contributed by atoms with Crippen LogP contribution < -0.4 is 4.90 Å². The highest BCUT2D eigenvalue weighted by Gasteiger charge is 2.21. The largest absolute Gasteiger partial charge is 0.353 e. The maximum absolute atomic E-state index is 9.22. The van der Waals surface area contributed by atoms with Crippen LogP contribution in [-0.2, 0) is 0 Å². The van der Waals surface area contributed by atoms with E-state index in [-0.39, 0.29) is 0 Å². The first-order valence-electron chi connectivity index (χ1n) is 6.48. The summed E-state index contributed by atoms with van der Waals surface area (Å²) in [5.74, 6) is 0.711. The summed E-state index contributed by atoms with van der Waals surface area (Å²) in [7, 11) is 0. The predicted molar refractivity (Wildman–Crippen MR) is 72.3 cm³/mol. The van der Waals surface area contributed by atoms with Crippen molar-refractivity contribution in [2.24, 2.45) is 0 Å². The van der Waals surface area contributed by atoms with Crippen molar-refractivity contribution < 1.29 is 0 Å². The highest BCUT2D eigenvalue weighted by atomic mass is 15.5. The van der Waals surface area contributed by atoms with Gasteiger partial charge in [-0.15, -0.1) is 15.0 Å². The van der Waals surface area contributed by atoms with Crippen LogP contribution >= 0.6 is 0 Å². The number of benzene rings is 1. The molecule has 0 saturated carbocycles. The van der Waals surface area contributed by atoms with Gasteiger partial charge in [-0.2, -0.15) is 5.26 Å². The van der Waals surface area contributed by atoms with Crippen molar-refractivity contribution >= 4 is 5.82 Å². The molecule has 0 amide bonds. The minimum absolute atomic E-state index is 0.408. The van der Waals surface area contributed by atoms with Crippen LogP contribution in [0.3, 0.4) is 0 Å². The molecular weight excluding hydrogens is 238 g/mol. The number of para-hydroxylation sites is 1. The summed E-state index contributed by atoms with van der Waals surface area (Å²) in [5.41, 5.74) is 2.42. The standard InChI is InChI=1S/C14H15N5/c1-11-6-2-3-7-13(11)19-16-12(10-15)14(17-19)18-8-4-5-9-18/h2-3,6-7H,4-5,8-9H2,1H3. The topological polar surface area (TPSA) is 57.7 Å². The number of nitriles is 1. The molecule has 1 fully saturated rings. The molecular formula is C14H15N5. The average molecular weight is 253 g/mol. The second kappa shape index (κ2) is 4.73. The van der Waals surface area contributed by atoms with E-state index in [1.807, 2.05) is 31.2 Å². The maximum Gasteiger partial charge on any atom is 0.207 e. The van der Waals surface area contributed by atoms with Crippen LogP contribution in [0.1, 0.15) is 24.1 Å². The smallest absolute Gasteiger partial charge is 0.207 e. The van der Waals surface area contributed by atoms with Crippen molar-refractivity contribution in [3.8, 4) is 11.8 Å². The van der Waals surface area contributed by atoms with Crippen LogP contribution in [-0.4, -0.2) is 28.1 Å². The second-order valence-electron chi connectivity index (χ2n) is 4.75. The first kappa shape index (κ1) is 11.7. The van der Waals surface area contributed by atoms with Gasteiger partial charge < -0.3 is 4.90 Å². The molecule has 0 atom stereocenters. The van der Waals surface area contributed by atoms with Gasteiger partial charge >= 0.3 is 0 Å². The van der Waals surface area contributed by atoms with Gasteiger partial charge in [0.1, 0.15) is 6.07 Å². The molecule has 96 valence electrons. The molecule has 5 nitrogen and oxygen atoms in total. The normalized spacial score (nSPS) is 14.6. The van der Waals surface area contributed by atoms with Crippen LogP contribution in [0.4, 0.5) is 5.82 Å². The summed E-state index contributed by atoms with van der Waals surface area (Å²) in [6, 6.07) is 10.1. The lowest BCUT2D eigenvalue weighted by Crippen LogP contribution is -2.19. The van der Waals surface area contributed by atoms with E-state index < -0.39 is 0 Å². The van der Waals surface area contributed by atoms with Crippen LogP contribution in [0.5, 0.6) is 0 Å². The first-order chi connectivity index (χ1) is 9.29. The number of hydrogen-bond donors (Lipinski definition) is 0. The van der Waals surface area contributed by atoms with Crippen LogP contribution in [0.25, 0.3) is 5.69 Å². The highest BCUT2D eigenvalue weighted by molar-refractivity contribution is 5.51. The number of aryl methyl sites for hydroxylation is 1. The van der Waals surface area contributed by atoms with E-state index in [2.05, 4.69) is 21.2 Å². The molecule has 3 rings (SSSR count). The van der Waals surface area contributed by atoms with E-state index in [1.165, 1.54) is 0 Å². The quantitative estimate of drug-likeness (QED) is 0.822. The molecule has 0 spiro atoms. The molecule has 0 N–H and O–H groups in total. The van der Waals surface area contributed by atoms with E-state index in [1.54, 1.807) is 4.80 Å². The van der Waals surface area contributed by atoms with Crippen molar-refractivity contribution in [3.63, 3.8) is 0 Å². The molecule has 1 aromatic carbocycles. The Labute approximate surface area is 112 Å². The predicted octanol–water partition coefficient (Wildman–Crippen LogP) is 2.05. The third-order valence-corrected chi connectivity index (χ3v) is 3.44. The van der Waals surface area contributed by atoms with Gasteiger partial charge in [0.2, 0.25) is 5.69 Å². The highest BCUT2D eigenvalue weighted by Crippen LogP contribution is 2.22. The van der Waals surface area contributed by atoms with E-state index in [0.29, 0.717) is 11.5 Å². The van der Waals surface area contributed by atoms with Crippen molar-refractivity contribution in [2.75, 3.05) is 18.0 Å². The van der Waals surface area contributed by atoms with Gasteiger partial charge in [0.15, 0.2) is 5.82 Å². The fourth-order valence-corrected chi connectivity index (χ4v) is 2.41. The maximum atomic E-state index is 9.22. The van der Waals surface area contributed by atoms with Crippen molar-refractivity contribution in [1.29, 1.82) is 5.26 Å². The molecule has 0 bridgehead atoms. The van der Waals surface area contributed by atoms with Gasteiger partial charge in [-0.25, -0.2) is 0 Å². The number of aromatic nitrogens is 3. The molecule has 0 unspecified atom stereocenters. The van der Waals surface area contributed by atoms with Crippen LogP contribution in [0.15, 0.2) is 24.3 Å². The number of anilines is 1. The molecule has 2 aromatic rings. The lowest BCUT2D eigenvalue weighted by molar-refractivity contribution is 0.739. The lowest BCUT2D eigenvalue weighted by atomic mass is 10.2. The van der Waals surface area contributed by atoms with Gasteiger partial charge in [-0.05, 0) is 31.4 Å². The van der Waals surface area contributed by atoms with E-state index >= 15 is 0 Å². The fourth-order valence-electron chi connectivity index (χ4n) is 2.41. The van der Waals surface area contributed by atoms with Gasteiger partial charge in [0.25, 0.3) is 0 Å². The molecule has 2 heterocycles. The zero-order valence-corrected chi connectivity index (χ0v) is 10.9. The minimum Gasteiger partial charge on any atom is -0.353 e. The van der Waals surface area contributed by atoms with Crippen molar-refractivity contribution in [2.45, 2.75) is 19.8 Å². The van der Waals surface area contributed by atoms with Crippen molar-refractivity contribution in [1.82, 2.24) is 15.0 Å². The van der Waals surface area contributed by atoms with Crippen LogP contribution in [0.2, 0.25) is 0 Å². The van der Waals surface area contributed by atoms with Crippen molar-refractivity contribution in [3.05, 3.63) is 35.5 Å². The van der Waals surface area contributed by atoms with Gasteiger partial charge in [-0.3, -0.25) is 0 Å². The van der Waals surface area contributed by atoms with E-state index in [4.69, 9.17) is 0 Å². The lowest BCUT2D eigenvalue weighted by Gasteiger charge is -2.12. The third kappa shape index (κ3) is 2.06. The minimum atomic E-state index is 0.408. The Kier molecular flexibility index (Phi) is 2.92. The van der Waals surface area contributed by atoms with Crippen LogP contribution in [0, 0.1) is 18.3 Å². The first-order valence-corrected chi connectivity index (χ1v) is 6.48. The average Bonchev–Trinajstić information content (AvgIpc) is 3.08. The molecule has 1 aromatic heterocycles. The summed E-state index contributed by atoms with van der Waals surface area (Å²) < 4.78 is 0. The molecule has 5 heteroatoms. The monoisotopic (exact) mass is 253 g/mol.